The zero-order chi connectivity index (χ0) is 16.7. The van der Waals surface area contributed by atoms with Crippen molar-refractivity contribution in [3.63, 3.8) is 0 Å². The van der Waals surface area contributed by atoms with Crippen LogP contribution in [0.2, 0.25) is 0 Å². The van der Waals surface area contributed by atoms with Crippen LogP contribution in [0.25, 0.3) is 0 Å². The summed E-state index contributed by atoms with van der Waals surface area (Å²) in [6.45, 7) is 4.73. The van der Waals surface area contributed by atoms with Crippen molar-refractivity contribution in [3.05, 3.63) is 29.8 Å². The molecule has 0 bridgehead atoms. The van der Waals surface area contributed by atoms with Gasteiger partial charge in [0.1, 0.15) is 17.3 Å². The molecule has 0 aliphatic carbocycles. The lowest BCUT2D eigenvalue weighted by Gasteiger charge is -2.21. The van der Waals surface area contributed by atoms with Crippen LogP contribution in [0.15, 0.2) is 23.2 Å². The fourth-order valence-electron chi connectivity index (χ4n) is 2.63. The van der Waals surface area contributed by atoms with Crippen LogP contribution in [0.4, 0.5) is 14.5 Å². The van der Waals surface area contributed by atoms with Crippen LogP contribution >= 0.6 is 35.7 Å². The first-order valence-electron chi connectivity index (χ1n) is 7.88. The largest absolute Gasteiger partial charge is 0.365 e. The van der Waals surface area contributed by atoms with Gasteiger partial charge < -0.3 is 15.5 Å². The minimum absolute atomic E-state index is 0. The lowest BCUT2D eigenvalue weighted by molar-refractivity contribution is 0.576. The number of thioether (sulfide) groups is 1. The Morgan fingerprint density at radius 3 is 2.71 bits per heavy atom. The van der Waals surface area contributed by atoms with Crippen LogP contribution in [-0.4, -0.2) is 50.2 Å². The molecule has 1 atom stereocenters. The number of halogens is 3. The van der Waals surface area contributed by atoms with E-state index >= 15 is 0 Å². The lowest BCUT2D eigenvalue weighted by Crippen LogP contribution is -2.44. The van der Waals surface area contributed by atoms with Crippen LogP contribution < -0.4 is 15.5 Å². The van der Waals surface area contributed by atoms with Crippen LogP contribution in [0.5, 0.6) is 0 Å². The van der Waals surface area contributed by atoms with Crippen molar-refractivity contribution in [2.24, 2.45) is 4.99 Å². The Labute approximate surface area is 163 Å². The molecule has 2 rings (SSSR count). The van der Waals surface area contributed by atoms with Gasteiger partial charge in [0.15, 0.2) is 5.96 Å². The summed E-state index contributed by atoms with van der Waals surface area (Å²) < 4.78 is 27.8. The first-order chi connectivity index (χ1) is 11.2. The van der Waals surface area contributed by atoms with E-state index in [-0.39, 0.29) is 35.7 Å². The second kappa shape index (κ2) is 11.0. The minimum atomic E-state index is -0.508. The molecule has 0 spiro atoms. The average Bonchev–Trinajstić information content (AvgIpc) is 2.95. The van der Waals surface area contributed by atoms with E-state index in [1.54, 1.807) is 16.7 Å². The Morgan fingerprint density at radius 2 is 2.08 bits per heavy atom. The Morgan fingerprint density at radius 1 is 1.38 bits per heavy atom. The van der Waals surface area contributed by atoms with E-state index in [1.807, 2.05) is 13.2 Å². The Balaban J connectivity index is 0.00000288. The highest BCUT2D eigenvalue weighted by Gasteiger charge is 2.27. The molecule has 1 aromatic carbocycles. The van der Waals surface area contributed by atoms with E-state index in [2.05, 4.69) is 15.6 Å². The van der Waals surface area contributed by atoms with Crippen molar-refractivity contribution in [2.45, 2.75) is 19.4 Å². The van der Waals surface area contributed by atoms with Crippen molar-refractivity contribution in [2.75, 3.05) is 43.1 Å². The van der Waals surface area contributed by atoms with E-state index in [0.717, 1.165) is 31.2 Å². The topological polar surface area (TPSA) is 39.7 Å². The van der Waals surface area contributed by atoms with Crippen molar-refractivity contribution < 1.29 is 8.78 Å². The van der Waals surface area contributed by atoms with E-state index < -0.39 is 11.6 Å². The summed E-state index contributed by atoms with van der Waals surface area (Å²) in [4.78, 5) is 6.26. The molecule has 1 aliphatic rings. The molecule has 0 aromatic heterocycles. The van der Waals surface area contributed by atoms with Gasteiger partial charge in [0.2, 0.25) is 0 Å². The standard InChI is InChI=1S/C16H24F2N4S.HI/c1-3-19-16(20-8-10-23-2)21-12-7-9-22(11-12)15-13(17)5-4-6-14(15)18;/h4-6,12H,3,7-11H2,1-2H3,(H2,19,20,21);1H. The third-order valence-corrected chi connectivity index (χ3v) is 4.28. The fourth-order valence-corrected chi connectivity index (χ4v) is 2.91. The Hall–Kier alpha value is -0.770. The highest BCUT2D eigenvalue weighted by atomic mass is 127. The SMILES string of the molecule is CCNC(=NCCSC)NC1CCN(c2c(F)cccc2F)C1.I. The molecule has 1 saturated heterocycles. The van der Waals surface area contributed by atoms with Gasteiger partial charge in [-0.25, -0.2) is 8.78 Å². The number of aliphatic imine (C=N–C) groups is 1. The zero-order valence-electron chi connectivity index (χ0n) is 14.0. The maximum absolute atomic E-state index is 13.9. The lowest BCUT2D eigenvalue weighted by atomic mass is 10.2. The first-order valence-corrected chi connectivity index (χ1v) is 9.27. The van der Waals surface area contributed by atoms with Crippen LogP contribution in [0, 0.1) is 11.6 Å². The highest BCUT2D eigenvalue weighted by molar-refractivity contribution is 14.0. The maximum Gasteiger partial charge on any atom is 0.191 e. The normalized spacial score (nSPS) is 17.6. The van der Waals surface area contributed by atoms with Gasteiger partial charge in [0.25, 0.3) is 0 Å². The third kappa shape index (κ3) is 5.94. The number of para-hydroxylation sites is 1. The molecule has 0 amide bonds. The average molecular weight is 470 g/mol. The maximum atomic E-state index is 13.9. The zero-order valence-corrected chi connectivity index (χ0v) is 17.2. The van der Waals surface area contributed by atoms with Crippen molar-refractivity contribution in [1.82, 2.24) is 10.6 Å². The highest BCUT2D eigenvalue weighted by Crippen LogP contribution is 2.26. The Kier molecular flexibility index (Phi) is 9.72. The van der Waals surface area contributed by atoms with Crippen molar-refractivity contribution in [1.29, 1.82) is 0 Å². The van der Waals surface area contributed by atoms with E-state index in [4.69, 9.17) is 0 Å². The predicted molar refractivity (Wildman–Crippen MR) is 110 cm³/mol. The van der Waals surface area contributed by atoms with Gasteiger partial charge in [-0.05, 0) is 31.7 Å². The first kappa shape index (κ1) is 21.3. The van der Waals surface area contributed by atoms with Crippen LogP contribution in [0.3, 0.4) is 0 Å². The minimum Gasteiger partial charge on any atom is -0.365 e. The van der Waals surface area contributed by atoms with E-state index in [9.17, 15) is 8.78 Å². The summed E-state index contributed by atoms with van der Waals surface area (Å²) in [6.07, 6.45) is 2.87. The third-order valence-electron chi connectivity index (χ3n) is 3.69. The molecule has 0 radical (unpaired) electrons. The van der Waals surface area contributed by atoms with Gasteiger partial charge >= 0.3 is 0 Å². The quantitative estimate of drug-likeness (QED) is 0.290. The molecule has 2 N–H and O–H groups in total. The number of hydrogen-bond acceptors (Lipinski definition) is 3. The van der Waals surface area contributed by atoms with Gasteiger partial charge in [-0.3, -0.25) is 4.99 Å². The molecule has 1 heterocycles. The summed E-state index contributed by atoms with van der Waals surface area (Å²) in [5.41, 5.74) is 0.0705. The number of rotatable bonds is 6. The molecule has 0 saturated carbocycles. The molecule has 8 heteroatoms. The van der Waals surface area contributed by atoms with Gasteiger partial charge in [-0.15, -0.1) is 24.0 Å². The summed E-state index contributed by atoms with van der Waals surface area (Å²) in [5, 5.41) is 6.57. The molecule has 1 unspecified atom stereocenters. The van der Waals surface area contributed by atoms with Crippen LogP contribution in [-0.2, 0) is 0 Å². The molecule has 1 fully saturated rings. The fraction of sp³-hybridized carbons (Fsp3) is 0.562. The number of nitrogens with zero attached hydrogens (tertiary/aromatic N) is 2. The smallest absolute Gasteiger partial charge is 0.191 e. The molecular weight excluding hydrogens is 445 g/mol. The number of nitrogens with one attached hydrogen (secondary N) is 2. The number of guanidine groups is 1. The van der Waals surface area contributed by atoms with Gasteiger partial charge in [0, 0.05) is 31.4 Å². The molecule has 4 nitrogen and oxygen atoms in total. The van der Waals surface area contributed by atoms with Gasteiger partial charge in [-0.2, -0.15) is 11.8 Å². The predicted octanol–water partition coefficient (Wildman–Crippen LogP) is 3.08. The second-order valence-corrected chi connectivity index (χ2v) is 6.39. The number of anilines is 1. The van der Waals surface area contributed by atoms with Crippen molar-refractivity contribution in [3.8, 4) is 0 Å². The summed E-state index contributed by atoms with van der Waals surface area (Å²) in [5.74, 6) is 0.716. The molecule has 136 valence electrons. The monoisotopic (exact) mass is 470 g/mol. The summed E-state index contributed by atoms with van der Waals surface area (Å²) in [7, 11) is 0. The van der Waals surface area contributed by atoms with Gasteiger partial charge in [-0.1, -0.05) is 6.07 Å². The molecule has 1 aromatic rings. The van der Waals surface area contributed by atoms with Crippen LogP contribution in [0.1, 0.15) is 13.3 Å². The van der Waals surface area contributed by atoms with E-state index in [0.29, 0.717) is 13.1 Å². The van der Waals surface area contributed by atoms with Gasteiger partial charge in [0.05, 0.1) is 6.54 Å². The molecule has 24 heavy (non-hydrogen) atoms. The number of benzene rings is 1. The van der Waals surface area contributed by atoms with E-state index in [1.165, 1.54) is 18.2 Å². The molecular formula is C16H25F2IN4S. The second-order valence-electron chi connectivity index (χ2n) is 5.40. The van der Waals surface area contributed by atoms with Crippen molar-refractivity contribution >= 4 is 47.4 Å². The summed E-state index contributed by atoms with van der Waals surface area (Å²) >= 11 is 1.75. The summed E-state index contributed by atoms with van der Waals surface area (Å²) in [6, 6.07) is 4.11. The molecule has 1 aliphatic heterocycles. The Bertz CT molecular complexity index is 525. The number of hydrogen-bond donors (Lipinski definition) is 2.